The molecule has 186 valence electrons. The van der Waals surface area contributed by atoms with Crippen molar-refractivity contribution in [3.05, 3.63) is 48.2 Å². The maximum atomic E-state index is 13.2. The van der Waals surface area contributed by atoms with Gasteiger partial charge in [0.2, 0.25) is 21.9 Å². The molecule has 4 aliphatic rings. The molecule has 2 N–H and O–H groups in total. The SMILES string of the molecule is CC(=O)Nc1ccc(S(=O)(=O)N2CCN(C3=NC4=CC=CCC4C(NC4CCCC4)=N3)CC2)cc1. The van der Waals surface area contributed by atoms with Crippen molar-refractivity contribution in [2.75, 3.05) is 31.5 Å². The van der Waals surface area contributed by atoms with Gasteiger partial charge in [0.1, 0.15) is 5.84 Å². The van der Waals surface area contributed by atoms with Gasteiger partial charge in [0.15, 0.2) is 0 Å². The predicted molar refractivity (Wildman–Crippen MR) is 137 cm³/mol. The molecule has 1 saturated heterocycles. The molecule has 2 fully saturated rings. The van der Waals surface area contributed by atoms with E-state index in [1.165, 1.54) is 49.0 Å². The Balaban J connectivity index is 1.28. The lowest BCUT2D eigenvalue weighted by atomic mass is 9.94. The molecule has 2 heterocycles. The molecule has 5 rings (SSSR count). The van der Waals surface area contributed by atoms with E-state index >= 15 is 0 Å². The number of fused-ring (bicyclic) bond motifs is 1. The second kappa shape index (κ2) is 9.94. The fourth-order valence-corrected chi connectivity index (χ4v) is 6.48. The highest BCUT2D eigenvalue weighted by Gasteiger charge is 2.33. The Bertz CT molecular complexity index is 1190. The van der Waals surface area contributed by atoms with Gasteiger partial charge in [-0.25, -0.2) is 13.4 Å². The van der Waals surface area contributed by atoms with Crippen LogP contribution < -0.4 is 10.6 Å². The molecule has 2 aliphatic carbocycles. The number of aliphatic imine (C=N–C) groups is 2. The number of anilines is 1. The van der Waals surface area contributed by atoms with Gasteiger partial charge >= 0.3 is 0 Å². The summed E-state index contributed by atoms with van der Waals surface area (Å²) in [5.74, 6) is 1.64. The van der Waals surface area contributed by atoms with Crippen LogP contribution in [-0.2, 0) is 14.8 Å². The second-order valence-corrected chi connectivity index (χ2v) is 11.4. The number of nitrogens with one attached hydrogen (secondary N) is 2. The summed E-state index contributed by atoms with van der Waals surface area (Å²) in [6.07, 6.45) is 12.0. The van der Waals surface area contributed by atoms with Crippen LogP contribution in [0, 0.1) is 5.92 Å². The van der Waals surface area contributed by atoms with Crippen molar-refractivity contribution in [2.24, 2.45) is 15.9 Å². The van der Waals surface area contributed by atoms with Gasteiger partial charge in [0.25, 0.3) is 0 Å². The Labute approximate surface area is 206 Å². The monoisotopic (exact) mass is 496 g/mol. The summed E-state index contributed by atoms with van der Waals surface area (Å²) in [6, 6.07) is 6.76. The van der Waals surface area contributed by atoms with Crippen LogP contribution in [0.4, 0.5) is 5.69 Å². The van der Waals surface area contributed by atoms with E-state index in [0.29, 0.717) is 43.9 Å². The minimum absolute atomic E-state index is 0.173. The van der Waals surface area contributed by atoms with E-state index in [2.05, 4.69) is 27.7 Å². The van der Waals surface area contributed by atoms with E-state index in [1.54, 1.807) is 12.1 Å². The van der Waals surface area contributed by atoms with E-state index in [0.717, 1.165) is 18.0 Å². The highest BCUT2D eigenvalue weighted by molar-refractivity contribution is 7.89. The molecule has 0 bridgehead atoms. The van der Waals surface area contributed by atoms with Crippen LogP contribution in [-0.4, -0.2) is 67.5 Å². The third kappa shape index (κ3) is 5.18. The van der Waals surface area contributed by atoms with Crippen LogP contribution in [0.1, 0.15) is 39.0 Å². The van der Waals surface area contributed by atoms with E-state index in [4.69, 9.17) is 9.98 Å². The number of allylic oxidation sites excluding steroid dienone is 3. The molecule has 35 heavy (non-hydrogen) atoms. The lowest BCUT2D eigenvalue weighted by Gasteiger charge is -2.37. The fraction of sp³-hybridized carbons (Fsp3) is 0.480. The second-order valence-electron chi connectivity index (χ2n) is 9.44. The number of carbonyl (C=O) groups is 1. The molecule has 1 saturated carbocycles. The number of amidine groups is 1. The molecule has 2 aliphatic heterocycles. The highest BCUT2D eigenvalue weighted by atomic mass is 32.2. The van der Waals surface area contributed by atoms with Crippen molar-refractivity contribution in [3.8, 4) is 0 Å². The minimum atomic E-state index is -3.62. The minimum Gasteiger partial charge on any atom is -0.370 e. The quantitative estimate of drug-likeness (QED) is 0.667. The van der Waals surface area contributed by atoms with Gasteiger partial charge in [-0.2, -0.15) is 9.30 Å². The highest BCUT2D eigenvalue weighted by Crippen LogP contribution is 2.29. The average Bonchev–Trinajstić information content (AvgIpc) is 3.37. The number of amides is 1. The van der Waals surface area contributed by atoms with Crippen molar-refractivity contribution in [2.45, 2.75) is 50.0 Å². The number of rotatable bonds is 4. The lowest BCUT2D eigenvalue weighted by Crippen LogP contribution is -2.51. The summed E-state index contributed by atoms with van der Waals surface area (Å²) >= 11 is 0. The number of piperazine rings is 1. The number of carbonyl (C=O) groups excluding carboxylic acids is 1. The first-order valence-electron chi connectivity index (χ1n) is 12.3. The largest absolute Gasteiger partial charge is 0.370 e. The van der Waals surface area contributed by atoms with Gasteiger partial charge in [-0.05, 0) is 49.6 Å². The number of benzene rings is 1. The molecule has 1 aromatic rings. The molecule has 1 amide bonds. The van der Waals surface area contributed by atoms with Gasteiger partial charge in [0.05, 0.1) is 16.5 Å². The van der Waals surface area contributed by atoms with E-state index in [1.807, 2.05) is 6.08 Å². The Morgan fingerprint density at radius 2 is 1.74 bits per heavy atom. The first kappa shape index (κ1) is 23.7. The van der Waals surface area contributed by atoms with Gasteiger partial charge in [-0.3, -0.25) is 4.79 Å². The molecule has 0 spiro atoms. The number of guanidine groups is 1. The topological polar surface area (TPSA) is 106 Å². The number of sulfonamides is 1. The normalized spacial score (nSPS) is 23.3. The molecule has 1 atom stereocenters. The predicted octanol–water partition coefficient (Wildman–Crippen LogP) is 2.71. The first-order chi connectivity index (χ1) is 16.9. The van der Waals surface area contributed by atoms with Gasteiger partial charge in [-0.15, -0.1) is 0 Å². The standard InChI is InChI=1S/C25H32N6O3S/c1-18(32)26-20-10-12-21(13-11-20)35(33,34)31-16-14-30(15-17-31)25-28-23-9-5-4-8-22(23)24(29-25)27-19-6-2-3-7-19/h4-5,9-13,19,22H,2-3,6-8,14-17H2,1H3,(H,26,32)(H,27,28,29). The van der Waals surface area contributed by atoms with Gasteiger partial charge in [0, 0.05) is 44.8 Å². The summed E-state index contributed by atoms with van der Waals surface area (Å²) in [5, 5.41) is 6.35. The van der Waals surface area contributed by atoms with Crippen molar-refractivity contribution < 1.29 is 13.2 Å². The zero-order chi connectivity index (χ0) is 24.4. The Kier molecular flexibility index (Phi) is 6.75. The summed E-state index contributed by atoms with van der Waals surface area (Å²) in [4.78, 5) is 23.3. The molecular weight excluding hydrogens is 464 g/mol. The number of hydrogen-bond acceptors (Lipinski definition) is 7. The molecule has 9 nitrogen and oxygen atoms in total. The summed E-state index contributed by atoms with van der Waals surface area (Å²) in [6.45, 7) is 3.18. The van der Waals surface area contributed by atoms with Gasteiger partial charge in [-0.1, -0.05) is 25.0 Å². The maximum Gasteiger partial charge on any atom is 0.243 e. The Hall–Kier alpha value is -2.98. The smallest absolute Gasteiger partial charge is 0.243 e. The van der Waals surface area contributed by atoms with E-state index in [9.17, 15) is 13.2 Å². The van der Waals surface area contributed by atoms with Crippen LogP contribution in [0.5, 0.6) is 0 Å². The first-order valence-corrected chi connectivity index (χ1v) is 13.8. The Morgan fingerprint density at radius 3 is 2.43 bits per heavy atom. The van der Waals surface area contributed by atoms with Gasteiger partial charge < -0.3 is 15.5 Å². The van der Waals surface area contributed by atoms with Crippen molar-refractivity contribution >= 4 is 33.4 Å². The van der Waals surface area contributed by atoms with Crippen molar-refractivity contribution in [3.63, 3.8) is 0 Å². The van der Waals surface area contributed by atoms with Crippen LogP contribution in [0.2, 0.25) is 0 Å². The zero-order valence-electron chi connectivity index (χ0n) is 20.0. The lowest BCUT2D eigenvalue weighted by molar-refractivity contribution is -0.114. The third-order valence-corrected chi connectivity index (χ3v) is 8.87. The summed E-state index contributed by atoms with van der Waals surface area (Å²) < 4.78 is 27.9. The van der Waals surface area contributed by atoms with Crippen molar-refractivity contribution in [1.82, 2.24) is 14.5 Å². The fourth-order valence-electron chi connectivity index (χ4n) is 5.06. The average molecular weight is 497 g/mol. The van der Waals surface area contributed by atoms with Crippen LogP contribution >= 0.6 is 0 Å². The maximum absolute atomic E-state index is 13.2. The van der Waals surface area contributed by atoms with Crippen LogP contribution in [0.3, 0.4) is 0 Å². The molecule has 1 aromatic carbocycles. The zero-order valence-corrected chi connectivity index (χ0v) is 20.8. The molecule has 1 unspecified atom stereocenters. The summed E-state index contributed by atoms with van der Waals surface area (Å²) in [5.41, 5.74) is 1.59. The molecule has 10 heteroatoms. The van der Waals surface area contributed by atoms with Crippen molar-refractivity contribution in [1.29, 1.82) is 0 Å². The van der Waals surface area contributed by atoms with E-state index in [-0.39, 0.29) is 16.7 Å². The third-order valence-electron chi connectivity index (χ3n) is 6.95. The van der Waals surface area contributed by atoms with Crippen LogP contribution in [0.25, 0.3) is 0 Å². The van der Waals surface area contributed by atoms with Crippen LogP contribution in [0.15, 0.2) is 63.1 Å². The summed E-state index contributed by atoms with van der Waals surface area (Å²) in [7, 11) is -3.62. The Morgan fingerprint density at radius 1 is 1.03 bits per heavy atom. The number of hydrogen-bond donors (Lipinski definition) is 2. The molecular formula is C25H32N6O3S. The van der Waals surface area contributed by atoms with E-state index < -0.39 is 10.0 Å². The molecule has 0 radical (unpaired) electrons. The number of nitrogens with zero attached hydrogens (tertiary/aromatic N) is 4. The molecule has 0 aromatic heterocycles.